The molecule has 1 aromatic rings. The van der Waals surface area contributed by atoms with E-state index in [4.69, 9.17) is 0 Å². The predicted molar refractivity (Wildman–Crippen MR) is 83.3 cm³/mol. The van der Waals surface area contributed by atoms with Gasteiger partial charge in [-0.3, -0.25) is 9.69 Å². The number of carboxylic acids is 1. The Hall–Kier alpha value is -1.35. The van der Waals surface area contributed by atoms with E-state index >= 15 is 0 Å². The Kier molecular flexibility index (Phi) is 4.59. The molecule has 1 aliphatic heterocycles. The lowest BCUT2D eigenvalue weighted by molar-refractivity contribution is -0.139. The number of aliphatic carboxylic acids is 1. The Labute approximate surface area is 127 Å². The van der Waals surface area contributed by atoms with E-state index < -0.39 is 5.97 Å². The molecule has 21 heavy (non-hydrogen) atoms. The van der Waals surface area contributed by atoms with Gasteiger partial charge in [0.1, 0.15) is 0 Å². The van der Waals surface area contributed by atoms with Gasteiger partial charge in [-0.25, -0.2) is 0 Å². The van der Waals surface area contributed by atoms with Crippen molar-refractivity contribution in [2.24, 2.45) is 5.92 Å². The number of carboxylic acid groups (broad SMARTS) is 1. The molecule has 2 aliphatic rings. The lowest BCUT2D eigenvalue weighted by atomic mass is 9.86. The average Bonchev–Trinajstić information content (AvgIpc) is 2.53. The molecule has 1 aliphatic carbocycles. The molecule has 3 nitrogen and oxygen atoms in total. The second-order valence-electron chi connectivity index (χ2n) is 6.62. The summed E-state index contributed by atoms with van der Waals surface area (Å²) < 4.78 is 0. The van der Waals surface area contributed by atoms with Crippen molar-refractivity contribution in [3.8, 4) is 0 Å². The van der Waals surface area contributed by atoms with Crippen molar-refractivity contribution in [1.82, 2.24) is 4.90 Å². The van der Waals surface area contributed by atoms with Crippen molar-refractivity contribution in [2.45, 2.75) is 51.0 Å². The molecule has 0 aromatic heterocycles. The molecule has 114 valence electrons. The van der Waals surface area contributed by atoms with E-state index in [-0.39, 0.29) is 5.92 Å². The van der Waals surface area contributed by atoms with Gasteiger partial charge in [-0.05, 0) is 30.0 Å². The molecule has 1 fully saturated rings. The summed E-state index contributed by atoms with van der Waals surface area (Å²) in [6.07, 6.45) is 8.12. The zero-order valence-electron chi connectivity index (χ0n) is 12.6. The van der Waals surface area contributed by atoms with Gasteiger partial charge in [-0.1, -0.05) is 56.4 Å². The van der Waals surface area contributed by atoms with E-state index in [2.05, 4.69) is 11.0 Å². The van der Waals surface area contributed by atoms with E-state index in [1.807, 2.05) is 18.2 Å². The van der Waals surface area contributed by atoms with Gasteiger partial charge in [0, 0.05) is 13.1 Å². The number of nitrogens with zero attached hydrogens (tertiary/aromatic N) is 1. The van der Waals surface area contributed by atoms with Gasteiger partial charge in [0.05, 0.1) is 5.92 Å². The number of hydrogen-bond donors (Lipinski definition) is 1. The smallest absolute Gasteiger partial charge is 0.312 e. The highest BCUT2D eigenvalue weighted by atomic mass is 16.4. The molecule has 0 amide bonds. The minimum Gasteiger partial charge on any atom is -0.481 e. The Bertz CT molecular complexity index is 494. The van der Waals surface area contributed by atoms with Crippen LogP contribution in [0, 0.1) is 5.92 Å². The summed E-state index contributed by atoms with van der Waals surface area (Å²) in [6.45, 7) is 2.62. The van der Waals surface area contributed by atoms with E-state index in [0.717, 1.165) is 24.6 Å². The second kappa shape index (κ2) is 6.61. The monoisotopic (exact) mass is 287 g/mol. The van der Waals surface area contributed by atoms with Crippen LogP contribution in [0.15, 0.2) is 24.3 Å². The standard InChI is InChI=1S/C18H25NO2/c20-18(21)17-13-19(11-10-14-6-2-1-3-7-14)12-15-8-4-5-9-16(15)17/h4-5,8-9,14,17H,1-3,6-7,10-13H2,(H,20,21). The van der Waals surface area contributed by atoms with Crippen molar-refractivity contribution in [2.75, 3.05) is 13.1 Å². The summed E-state index contributed by atoms with van der Waals surface area (Å²) in [7, 11) is 0. The van der Waals surface area contributed by atoms with Gasteiger partial charge in [0.25, 0.3) is 0 Å². The van der Waals surface area contributed by atoms with Gasteiger partial charge in [0.2, 0.25) is 0 Å². The fourth-order valence-corrected chi connectivity index (χ4v) is 3.90. The number of carbonyl (C=O) groups is 1. The third-order valence-corrected chi connectivity index (χ3v) is 5.14. The van der Waals surface area contributed by atoms with Crippen molar-refractivity contribution < 1.29 is 9.90 Å². The molecule has 0 spiro atoms. The zero-order valence-corrected chi connectivity index (χ0v) is 12.6. The van der Waals surface area contributed by atoms with Crippen molar-refractivity contribution in [1.29, 1.82) is 0 Å². The highest BCUT2D eigenvalue weighted by Crippen LogP contribution is 2.30. The lowest BCUT2D eigenvalue weighted by Crippen LogP contribution is -2.37. The van der Waals surface area contributed by atoms with E-state index in [9.17, 15) is 9.90 Å². The first-order chi connectivity index (χ1) is 10.2. The largest absolute Gasteiger partial charge is 0.481 e. The van der Waals surface area contributed by atoms with E-state index in [1.54, 1.807) is 0 Å². The maximum atomic E-state index is 11.5. The Morgan fingerprint density at radius 1 is 1.19 bits per heavy atom. The fraction of sp³-hybridized carbons (Fsp3) is 0.611. The first kappa shape index (κ1) is 14.6. The maximum Gasteiger partial charge on any atom is 0.312 e. The number of benzene rings is 1. The summed E-state index contributed by atoms with van der Waals surface area (Å²) >= 11 is 0. The minimum absolute atomic E-state index is 0.360. The predicted octanol–water partition coefficient (Wildman–Crippen LogP) is 3.64. The Morgan fingerprint density at radius 3 is 2.71 bits per heavy atom. The molecule has 1 atom stereocenters. The zero-order chi connectivity index (χ0) is 14.7. The van der Waals surface area contributed by atoms with Crippen LogP contribution in [0.1, 0.15) is 55.6 Å². The summed E-state index contributed by atoms with van der Waals surface area (Å²) in [5.41, 5.74) is 2.21. The molecular weight excluding hydrogens is 262 g/mol. The highest BCUT2D eigenvalue weighted by Gasteiger charge is 2.30. The normalized spacial score (nSPS) is 23.7. The molecule has 1 N–H and O–H groups in total. The van der Waals surface area contributed by atoms with Crippen LogP contribution in [0.2, 0.25) is 0 Å². The van der Waals surface area contributed by atoms with Gasteiger partial charge in [-0.2, -0.15) is 0 Å². The molecule has 1 unspecified atom stereocenters. The quantitative estimate of drug-likeness (QED) is 0.919. The van der Waals surface area contributed by atoms with Crippen LogP contribution in [-0.4, -0.2) is 29.1 Å². The molecule has 1 heterocycles. The van der Waals surface area contributed by atoms with Crippen molar-refractivity contribution >= 4 is 5.97 Å². The number of fused-ring (bicyclic) bond motifs is 1. The third kappa shape index (κ3) is 3.46. The van der Waals surface area contributed by atoms with Crippen LogP contribution in [0.25, 0.3) is 0 Å². The van der Waals surface area contributed by atoms with Crippen LogP contribution in [0.5, 0.6) is 0 Å². The molecular formula is C18H25NO2. The third-order valence-electron chi connectivity index (χ3n) is 5.14. The number of hydrogen-bond acceptors (Lipinski definition) is 2. The van der Waals surface area contributed by atoms with Gasteiger partial charge in [-0.15, -0.1) is 0 Å². The first-order valence-corrected chi connectivity index (χ1v) is 8.27. The molecule has 1 aromatic carbocycles. The second-order valence-corrected chi connectivity index (χ2v) is 6.62. The summed E-state index contributed by atoms with van der Waals surface area (Å²) in [5, 5.41) is 9.49. The van der Waals surface area contributed by atoms with Crippen molar-refractivity contribution in [3.63, 3.8) is 0 Å². The maximum absolute atomic E-state index is 11.5. The molecule has 3 rings (SSSR count). The molecule has 0 bridgehead atoms. The van der Waals surface area contributed by atoms with Crippen LogP contribution in [-0.2, 0) is 11.3 Å². The van der Waals surface area contributed by atoms with Crippen molar-refractivity contribution in [3.05, 3.63) is 35.4 Å². The fourth-order valence-electron chi connectivity index (χ4n) is 3.90. The van der Waals surface area contributed by atoms with Crippen LogP contribution >= 0.6 is 0 Å². The number of rotatable bonds is 4. The Balaban J connectivity index is 1.64. The topological polar surface area (TPSA) is 40.5 Å². The average molecular weight is 287 g/mol. The van der Waals surface area contributed by atoms with Crippen LogP contribution < -0.4 is 0 Å². The molecule has 0 saturated heterocycles. The SMILES string of the molecule is O=C(O)C1CN(CCC2CCCCC2)Cc2ccccc21. The van der Waals surface area contributed by atoms with Gasteiger partial charge in [0.15, 0.2) is 0 Å². The molecule has 0 radical (unpaired) electrons. The molecule has 1 saturated carbocycles. The highest BCUT2D eigenvalue weighted by molar-refractivity contribution is 5.77. The van der Waals surface area contributed by atoms with Crippen LogP contribution in [0.3, 0.4) is 0 Å². The van der Waals surface area contributed by atoms with E-state index in [1.165, 1.54) is 44.1 Å². The summed E-state index contributed by atoms with van der Waals surface area (Å²) in [5.74, 6) is -0.190. The minimum atomic E-state index is -0.690. The van der Waals surface area contributed by atoms with Crippen LogP contribution in [0.4, 0.5) is 0 Å². The van der Waals surface area contributed by atoms with Gasteiger partial charge >= 0.3 is 5.97 Å². The molecule has 3 heteroatoms. The lowest BCUT2D eigenvalue weighted by Gasteiger charge is -2.34. The Morgan fingerprint density at radius 2 is 1.95 bits per heavy atom. The van der Waals surface area contributed by atoms with Gasteiger partial charge < -0.3 is 5.11 Å². The first-order valence-electron chi connectivity index (χ1n) is 8.27. The summed E-state index contributed by atoms with van der Waals surface area (Å²) in [6, 6.07) is 8.03. The van der Waals surface area contributed by atoms with E-state index in [0.29, 0.717) is 6.54 Å². The summed E-state index contributed by atoms with van der Waals surface area (Å²) in [4.78, 5) is 13.9.